The van der Waals surface area contributed by atoms with Crippen molar-refractivity contribution in [1.29, 1.82) is 0 Å². The lowest BCUT2D eigenvalue weighted by atomic mass is 9.79. The minimum Gasteiger partial charge on any atom is -0.325 e. The third-order valence-electron chi connectivity index (χ3n) is 5.13. The van der Waals surface area contributed by atoms with Gasteiger partial charge >= 0.3 is 0 Å². The SMILES string of the molecule is CCCCCCCCCCCCCC1(N)CCCCC1. The minimum absolute atomic E-state index is 0.220. The van der Waals surface area contributed by atoms with Gasteiger partial charge in [0, 0.05) is 5.54 Å². The molecule has 0 bridgehead atoms. The van der Waals surface area contributed by atoms with Crippen molar-refractivity contribution in [2.24, 2.45) is 5.73 Å². The van der Waals surface area contributed by atoms with Crippen LogP contribution in [0.4, 0.5) is 0 Å². The Balaban J connectivity index is 1.80. The molecule has 1 rings (SSSR count). The van der Waals surface area contributed by atoms with Crippen LogP contribution in [0.5, 0.6) is 0 Å². The van der Waals surface area contributed by atoms with E-state index < -0.39 is 0 Å². The highest BCUT2D eigenvalue weighted by atomic mass is 14.7. The molecule has 0 spiro atoms. The summed E-state index contributed by atoms with van der Waals surface area (Å²) in [5, 5.41) is 0. The maximum atomic E-state index is 6.48. The second-order valence-corrected chi connectivity index (χ2v) is 7.21. The van der Waals surface area contributed by atoms with E-state index in [0.717, 1.165) is 0 Å². The van der Waals surface area contributed by atoms with E-state index in [1.807, 2.05) is 0 Å². The van der Waals surface area contributed by atoms with Crippen LogP contribution in [0.15, 0.2) is 0 Å². The van der Waals surface area contributed by atoms with E-state index in [0.29, 0.717) is 0 Å². The number of unbranched alkanes of at least 4 members (excludes halogenated alkanes) is 10. The van der Waals surface area contributed by atoms with E-state index in [-0.39, 0.29) is 5.54 Å². The summed E-state index contributed by atoms with van der Waals surface area (Å²) in [7, 11) is 0. The van der Waals surface area contributed by atoms with Crippen molar-refractivity contribution in [2.75, 3.05) is 0 Å². The van der Waals surface area contributed by atoms with Crippen LogP contribution in [0.1, 0.15) is 116 Å². The molecule has 1 heteroatoms. The molecule has 2 N–H and O–H groups in total. The molecule has 0 saturated heterocycles. The Kier molecular flexibility index (Phi) is 10.4. The Bertz CT molecular complexity index is 206. The molecule has 0 unspecified atom stereocenters. The van der Waals surface area contributed by atoms with E-state index in [4.69, 9.17) is 5.73 Å². The van der Waals surface area contributed by atoms with E-state index in [2.05, 4.69) is 6.92 Å². The topological polar surface area (TPSA) is 26.0 Å². The van der Waals surface area contributed by atoms with Gasteiger partial charge in [0.1, 0.15) is 0 Å². The molecule has 0 aromatic rings. The molecule has 0 atom stereocenters. The quantitative estimate of drug-likeness (QED) is 0.414. The Morgan fingerprint density at radius 2 is 1.10 bits per heavy atom. The Hall–Kier alpha value is -0.0400. The lowest BCUT2D eigenvalue weighted by Gasteiger charge is -2.33. The second kappa shape index (κ2) is 11.6. The average molecular weight is 282 g/mol. The fraction of sp³-hybridized carbons (Fsp3) is 1.00. The van der Waals surface area contributed by atoms with Crippen LogP contribution in [0.25, 0.3) is 0 Å². The number of rotatable bonds is 12. The molecule has 1 fully saturated rings. The molecular formula is C19H39N. The Labute approximate surface area is 128 Å². The van der Waals surface area contributed by atoms with Crippen molar-refractivity contribution in [2.45, 2.75) is 122 Å². The second-order valence-electron chi connectivity index (χ2n) is 7.21. The first-order valence-corrected chi connectivity index (χ1v) is 9.56. The molecule has 0 amide bonds. The normalized spacial score (nSPS) is 18.3. The minimum atomic E-state index is 0.220. The van der Waals surface area contributed by atoms with Gasteiger partial charge in [0.25, 0.3) is 0 Å². The lowest BCUT2D eigenvalue weighted by Crippen LogP contribution is -2.41. The number of nitrogens with two attached hydrogens (primary N) is 1. The van der Waals surface area contributed by atoms with Crippen LogP contribution in [0.2, 0.25) is 0 Å². The first-order chi connectivity index (χ1) is 9.77. The Morgan fingerprint density at radius 3 is 1.60 bits per heavy atom. The zero-order valence-corrected chi connectivity index (χ0v) is 14.1. The largest absolute Gasteiger partial charge is 0.325 e. The maximum Gasteiger partial charge on any atom is 0.0154 e. The van der Waals surface area contributed by atoms with Crippen LogP contribution in [-0.4, -0.2) is 5.54 Å². The summed E-state index contributed by atoms with van der Waals surface area (Å²) < 4.78 is 0. The molecule has 1 aliphatic rings. The van der Waals surface area contributed by atoms with E-state index in [9.17, 15) is 0 Å². The first kappa shape index (κ1) is 18.0. The van der Waals surface area contributed by atoms with Crippen LogP contribution in [0, 0.1) is 0 Å². The third kappa shape index (κ3) is 9.00. The van der Waals surface area contributed by atoms with Gasteiger partial charge < -0.3 is 5.73 Å². The summed E-state index contributed by atoms with van der Waals surface area (Å²) in [6.45, 7) is 2.29. The molecule has 1 aliphatic carbocycles. The van der Waals surface area contributed by atoms with Crippen LogP contribution < -0.4 is 5.73 Å². The van der Waals surface area contributed by atoms with Gasteiger partial charge in [-0.15, -0.1) is 0 Å². The van der Waals surface area contributed by atoms with Gasteiger partial charge in [0.15, 0.2) is 0 Å². The van der Waals surface area contributed by atoms with E-state index in [1.54, 1.807) is 0 Å². The standard InChI is InChI=1S/C19H39N/c1-2-3-4-5-6-7-8-9-10-11-13-16-19(20)17-14-12-15-18-19/h2-18,20H2,1H3. The molecule has 1 saturated carbocycles. The molecule has 20 heavy (non-hydrogen) atoms. The highest BCUT2D eigenvalue weighted by Crippen LogP contribution is 2.30. The van der Waals surface area contributed by atoms with E-state index in [1.165, 1.54) is 109 Å². The van der Waals surface area contributed by atoms with E-state index >= 15 is 0 Å². The zero-order valence-electron chi connectivity index (χ0n) is 14.1. The monoisotopic (exact) mass is 281 g/mol. The fourth-order valence-electron chi connectivity index (χ4n) is 3.65. The van der Waals surface area contributed by atoms with Gasteiger partial charge in [-0.05, 0) is 19.3 Å². The Morgan fingerprint density at radius 1 is 0.650 bits per heavy atom. The highest BCUT2D eigenvalue weighted by Gasteiger charge is 2.26. The van der Waals surface area contributed by atoms with Crippen molar-refractivity contribution in [1.82, 2.24) is 0 Å². The fourth-order valence-corrected chi connectivity index (χ4v) is 3.65. The summed E-state index contributed by atoms with van der Waals surface area (Å²) in [6, 6.07) is 0. The first-order valence-electron chi connectivity index (χ1n) is 9.56. The van der Waals surface area contributed by atoms with Crippen molar-refractivity contribution < 1.29 is 0 Å². The van der Waals surface area contributed by atoms with Gasteiger partial charge in [-0.25, -0.2) is 0 Å². The molecular weight excluding hydrogens is 242 g/mol. The van der Waals surface area contributed by atoms with Crippen molar-refractivity contribution in [3.63, 3.8) is 0 Å². The molecule has 0 radical (unpaired) electrons. The van der Waals surface area contributed by atoms with Gasteiger partial charge in [0.2, 0.25) is 0 Å². The van der Waals surface area contributed by atoms with Gasteiger partial charge in [-0.3, -0.25) is 0 Å². The third-order valence-corrected chi connectivity index (χ3v) is 5.13. The van der Waals surface area contributed by atoms with Crippen molar-refractivity contribution in [3.05, 3.63) is 0 Å². The lowest BCUT2D eigenvalue weighted by molar-refractivity contribution is 0.269. The van der Waals surface area contributed by atoms with Crippen LogP contribution in [0.3, 0.4) is 0 Å². The summed E-state index contributed by atoms with van der Waals surface area (Å²) >= 11 is 0. The molecule has 120 valence electrons. The molecule has 0 heterocycles. The predicted octanol–water partition coefficient (Wildman–Crippen LogP) is 6.35. The molecule has 1 nitrogen and oxygen atoms in total. The highest BCUT2D eigenvalue weighted by molar-refractivity contribution is 4.86. The van der Waals surface area contributed by atoms with Crippen LogP contribution in [-0.2, 0) is 0 Å². The maximum absolute atomic E-state index is 6.48. The summed E-state index contributed by atoms with van der Waals surface area (Å²) in [4.78, 5) is 0. The number of hydrogen-bond acceptors (Lipinski definition) is 1. The summed E-state index contributed by atoms with van der Waals surface area (Å²) in [6.07, 6.45) is 23.8. The van der Waals surface area contributed by atoms with Gasteiger partial charge in [-0.1, -0.05) is 96.8 Å². The van der Waals surface area contributed by atoms with Crippen molar-refractivity contribution in [3.8, 4) is 0 Å². The molecule has 0 aromatic heterocycles. The zero-order chi connectivity index (χ0) is 14.5. The molecule has 0 aromatic carbocycles. The average Bonchev–Trinajstić information content (AvgIpc) is 2.45. The van der Waals surface area contributed by atoms with Gasteiger partial charge in [0.05, 0.1) is 0 Å². The van der Waals surface area contributed by atoms with Crippen LogP contribution >= 0.6 is 0 Å². The number of hydrogen-bond donors (Lipinski definition) is 1. The smallest absolute Gasteiger partial charge is 0.0154 e. The van der Waals surface area contributed by atoms with Gasteiger partial charge in [-0.2, -0.15) is 0 Å². The summed E-state index contributed by atoms with van der Waals surface area (Å²) in [5.74, 6) is 0. The summed E-state index contributed by atoms with van der Waals surface area (Å²) in [5.41, 5.74) is 6.70. The predicted molar refractivity (Wildman–Crippen MR) is 91.1 cm³/mol. The molecule has 0 aliphatic heterocycles. The van der Waals surface area contributed by atoms with Crippen molar-refractivity contribution >= 4 is 0 Å².